The molecule has 2 aromatic rings. The fourth-order valence-electron chi connectivity index (χ4n) is 3.89. The number of allylic oxidation sites excluding steroid dienone is 1. The Hall–Kier alpha value is -3.21. The number of nitrogens with one attached hydrogen (secondary N) is 1. The molecule has 2 N–H and O–H groups in total. The quantitative estimate of drug-likeness (QED) is 0.628. The molecule has 1 amide bonds. The summed E-state index contributed by atoms with van der Waals surface area (Å²) in [6.45, 7) is 1.86. The largest absolute Gasteiger partial charge is 0.507 e. The molecule has 2 atom stereocenters. The van der Waals surface area contributed by atoms with Gasteiger partial charge in [-0.2, -0.15) is 0 Å². The number of rotatable bonds is 3. The fraction of sp³-hybridized carbons (Fsp3) is 0.261. The van der Waals surface area contributed by atoms with E-state index in [-0.39, 0.29) is 17.6 Å². The second-order valence-electron chi connectivity index (χ2n) is 7.70. The number of nitrogens with zero attached hydrogens (tertiary/aromatic N) is 1. The van der Waals surface area contributed by atoms with E-state index < -0.39 is 5.72 Å². The molecule has 2 heterocycles. The van der Waals surface area contributed by atoms with Crippen LogP contribution >= 0.6 is 0 Å². The van der Waals surface area contributed by atoms with Crippen LogP contribution in [0.2, 0.25) is 0 Å². The summed E-state index contributed by atoms with van der Waals surface area (Å²) >= 11 is 0. The number of piperidine rings is 1. The summed E-state index contributed by atoms with van der Waals surface area (Å²) in [5.41, 5.74) is 2.61. The average Bonchev–Trinajstić information content (AvgIpc) is 2.65. The number of anilines is 1. The molecule has 5 nitrogen and oxygen atoms in total. The van der Waals surface area contributed by atoms with E-state index in [1.165, 1.54) is 0 Å². The zero-order chi connectivity index (χ0) is 19.9. The number of carbonyl (C=O) groups is 1. The predicted octanol–water partition coefficient (Wildman–Crippen LogP) is 3.99. The van der Waals surface area contributed by atoms with E-state index in [9.17, 15) is 9.90 Å². The Labute approximate surface area is 164 Å². The number of amides is 1. The van der Waals surface area contributed by atoms with Gasteiger partial charge in [-0.05, 0) is 36.8 Å². The normalized spacial score (nSPS) is 25.0. The van der Waals surface area contributed by atoms with Crippen LogP contribution in [0.3, 0.4) is 0 Å². The highest BCUT2D eigenvalue weighted by Gasteiger charge is 2.47. The van der Waals surface area contributed by atoms with E-state index in [0.29, 0.717) is 12.0 Å². The molecule has 5 heteroatoms. The first kappa shape index (κ1) is 18.2. The van der Waals surface area contributed by atoms with Gasteiger partial charge in [-0.15, -0.1) is 0 Å². The summed E-state index contributed by atoms with van der Waals surface area (Å²) in [5.74, 6) is 0.232. The number of carbonyl (C=O) groups excluding carboxylic acids is 1. The Morgan fingerprint density at radius 3 is 2.64 bits per heavy atom. The number of hydrogen-bond acceptors (Lipinski definition) is 4. The van der Waals surface area contributed by atoms with Crippen molar-refractivity contribution in [2.75, 3.05) is 19.0 Å². The molecular weight excluding hydrogens is 352 g/mol. The maximum Gasteiger partial charge on any atom is 0.254 e. The molecule has 2 bridgehead atoms. The van der Waals surface area contributed by atoms with E-state index in [1.54, 1.807) is 6.08 Å². The van der Waals surface area contributed by atoms with Gasteiger partial charge in [0.15, 0.2) is 5.72 Å². The van der Waals surface area contributed by atoms with Gasteiger partial charge >= 0.3 is 0 Å². The third kappa shape index (κ3) is 3.24. The Kier molecular flexibility index (Phi) is 4.38. The molecular formula is C23H24N2O3. The van der Waals surface area contributed by atoms with Crippen LogP contribution in [0, 0.1) is 0 Å². The Bertz CT molecular complexity index is 976. The van der Waals surface area contributed by atoms with Crippen LogP contribution in [-0.2, 0) is 4.79 Å². The number of aliphatic hydroxyl groups excluding tert-OH is 1. The van der Waals surface area contributed by atoms with E-state index >= 15 is 0 Å². The predicted molar refractivity (Wildman–Crippen MR) is 110 cm³/mol. The van der Waals surface area contributed by atoms with Gasteiger partial charge < -0.3 is 20.1 Å². The highest BCUT2D eigenvalue weighted by atomic mass is 16.5. The lowest BCUT2D eigenvalue weighted by Gasteiger charge is -2.45. The summed E-state index contributed by atoms with van der Waals surface area (Å²) in [4.78, 5) is 14.8. The Morgan fingerprint density at radius 1 is 1.21 bits per heavy atom. The second kappa shape index (κ2) is 6.75. The van der Waals surface area contributed by atoms with Crippen LogP contribution in [0.25, 0.3) is 6.08 Å². The monoisotopic (exact) mass is 376 g/mol. The first-order chi connectivity index (χ1) is 13.4. The lowest BCUT2D eigenvalue weighted by molar-refractivity contribution is -0.127. The zero-order valence-electron chi connectivity index (χ0n) is 16.3. The van der Waals surface area contributed by atoms with Crippen molar-refractivity contribution in [2.24, 2.45) is 0 Å². The molecule has 2 aromatic carbocycles. The van der Waals surface area contributed by atoms with Crippen molar-refractivity contribution in [1.82, 2.24) is 5.32 Å². The molecule has 0 radical (unpaired) electrons. The Morgan fingerprint density at radius 2 is 1.93 bits per heavy atom. The summed E-state index contributed by atoms with van der Waals surface area (Å²) in [6.07, 6.45) is 3.99. The number of para-hydroxylation sites is 1. The van der Waals surface area contributed by atoms with Crippen LogP contribution in [0.1, 0.15) is 30.4 Å². The second-order valence-corrected chi connectivity index (χ2v) is 7.70. The van der Waals surface area contributed by atoms with Gasteiger partial charge in [-0.25, -0.2) is 0 Å². The van der Waals surface area contributed by atoms with Crippen LogP contribution in [0.4, 0.5) is 5.69 Å². The minimum absolute atomic E-state index is 0.0158. The van der Waals surface area contributed by atoms with Gasteiger partial charge in [0.05, 0.1) is 5.57 Å². The molecule has 2 unspecified atom stereocenters. The smallest absolute Gasteiger partial charge is 0.254 e. The van der Waals surface area contributed by atoms with Crippen LogP contribution in [0.15, 0.2) is 65.9 Å². The van der Waals surface area contributed by atoms with Crippen LogP contribution in [-0.4, -0.2) is 30.8 Å². The van der Waals surface area contributed by atoms with E-state index in [2.05, 4.69) is 5.32 Å². The van der Waals surface area contributed by atoms with Gasteiger partial charge in [0, 0.05) is 37.7 Å². The van der Waals surface area contributed by atoms with Crippen molar-refractivity contribution >= 4 is 17.7 Å². The third-order valence-corrected chi connectivity index (χ3v) is 5.31. The van der Waals surface area contributed by atoms with Gasteiger partial charge in [0.25, 0.3) is 5.91 Å². The minimum Gasteiger partial charge on any atom is -0.507 e. The highest BCUT2D eigenvalue weighted by Crippen LogP contribution is 2.47. The van der Waals surface area contributed by atoms with Crippen molar-refractivity contribution in [3.05, 3.63) is 77.1 Å². The van der Waals surface area contributed by atoms with Crippen molar-refractivity contribution in [3.8, 4) is 5.75 Å². The topological polar surface area (TPSA) is 61.8 Å². The summed E-state index contributed by atoms with van der Waals surface area (Å²) in [6, 6.07) is 15.7. The van der Waals surface area contributed by atoms with Crippen molar-refractivity contribution < 1.29 is 14.6 Å². The molecule has 1 saturated heterocycles. The van der Waals surface area contributed by atoms with E-state index in [4.69, 9.17) is 4.74 Å². The van der Waals surface area contributed by atoms with Crippen molar-refractivity contribution in [3.63, 3.8) is 0 Å². The number of aliphatic hydroxyl groups is 1. The number of hydrogen-bond donors (Lipinski definition) is 2. The SMILES string of the molecule is CN(C)c1ccc(C=CC(O)=C2C(=O)NC3(C)CC2c2ccccc2O3)cc1. The summed E-state index contributed by atoms with van der Waals surface area (Å²) in [5, 5.41) is 13.6. The van der Waals surface area contributed by atoms with Gasteiger partial charge in [-0.1, -0.05) is 36.4 Å². The first-order valence-electron chi connectivity index (χ1n) is 9.35. The number of benzene rings is 2. The number of fused-ring (bicyclic) bond motifs is 4. The Balaban J connectivity index is 1.68. The maximum atomic E-state index is 12.7. The van der Waals surface area contributed by atoms with Crippen LogP contribution < -0.4 is 15.0 Å². The van der Waals surface area contributed by atoms with E-state index in [1.807, 2.05) is 80.5 Å². The average molecular weight is 376 g/mol. The molecule has 2 aliphatic heterocycles. The zero-order valence-corrected chi connectivity index (χ0v) is 16.3. The lowest BCUT2D eigenvalue weighted by atomic mass is 9.78. The lowest BCUT2D eigenvalue weighted by Crippen LogP contribution is -2.58. The molecule has 0 saturated carbocycles. The van der Waals surface area contributed by atoms with Crippen molar-refractivity contribution in [2.45, 2.75) is 25.0 Å². The fourth-order valence-corrected chi connectivity index (χ4v) is 3.89. The summed E-state index contributed by atoms with van der Waals surface area (Å²) < 4.78 is 5.99. The minimum atomic E-state index is -0.758. The van der Waals surface area contributed by atoms with E-state index in [0.717, 1.165) is 22.6 Å². The molecule has 0 spiro atoms. The van der Waals surface area contributed by atoms with Crippen molar-refractivity contribution in [1.29, 1.82) is 0 Å². The van der Waals surface area contributed by atoms with Crippen LogP contribution in [0.5, 0.6) is 5.75 Å². The molecule has 28 heavy (non-hydrogen) atoms. The standard InChI is InChI=1S/C23H24N2O3/c1-23-14-18(17-6-4-5-7-20(17)28-23)21(22(27)24-23)19(26)13-10-15-8-11-16(12-9-15)25(2)3/h4-13,18,26H,14H2,1-3H3,(H,24,27). The maximum absolute atomic E-state index is 12.7. The van der Waals surface area contributed by atoms with Gasteiger partial charge in [-0.3, -0.25) is 4.79 Å². The molecule has 4 rings (SSSR count). The third-order valence-electron chi connectivity index (χ3n) is 5.31. The molecule has 2 aliphatic rings. The molecule has 1 fully saturated rings. The highest BCUT2D eigenvalue weighted by molar-refractivity contribution is 5.98. The molecule has 144 valence electrons. The molecule has 0 aromatic heterocycles. The number of ether oxygens (including phenoxy) is 1. The molecule has 0 aliphatic carbocycles. The van der Waals surface area contributed by atoms with Gasteiger partial charge in [0.1, 0.15) is 11.5 Å². The summed E-state index contributed by atoms with van der Waals surface area (Å²) in [7, 11) is 3.98. The first-order valence-corrected chi connectivity index (χ1v) is 9.35. The van der Waals surface area contributed by atoms with Gasteiger partial charge in [0.2, 0.25) is 0 Å².